The number of phenolic OH excluding ortho intramolecular Hbond substituents is 2. The third kappa shape index (κ3) is 2.84. The summed E-state index contributed by atoms with van der Waals surface area (Å²) in [4.78, 5) is 39.0. The number of Topliss-reactive ketones (excluding diaryl/α,β-unsaturated/α-hetero) is 2. The van der Waals surface area contributed by atoms with Crippen molar-refractivity contribution in [2.45, 2.75) is 46.0 Å². The number of carbonyl (C=O) groups is 3. The lowest BCUT2D eigenvalue weighted by molar-refractivity contribution is -0.123. The Balaban J connectivity index is 1.56. The fourth-order valence-electron chi connectivity index (χ4n) is 5.86. The van der Waals surface area contributed by atoms with Gasteiger partial charge in [0.05, 0.1) is 11.1 Å². The molecule has 3 aliphatic carbocycles. The molecule has 4 unspecified atom stereocenters. The van der Waals surface area contributed by atoms with Crippen molar-refractivity contribution in [2.75, 3.05) is 6.54 Å². The summed E-state index contributed by atoms with van der Waals surface area (Å²) in [5, 5.41) is 24.6. The molecular formula is C26H27NO6. The van der Waals surface area contributed by atoms with Crippen LogP contribution in [0, 0.1) is 24.7 Å². The number of allylic oxidation sites excluding steroid dienone is 6. The topological polar surface area (TPSA) is 113 Å². The van der Waals surface area contributed by atoms with Crippen molar-refractivity contribution in [1.29, 1.82) is 0 Å². The maximum absolute atomic E-state index is 13.8. The number of ether oxygens (including phenoxy) is 1. The zero-order valence-corrected chi connectivity index (χ0v) is 19.1. The van der Waals surface area contributed by atoms with E-state index in [0.29, 0.717) is 30.0 Å². The Morgan fingerprint density at radius 3 is 2.52 bits per heavy atom. The van der Waals surface area contributed by atoms with E-state index in [1.54, 1.807) is 13.8 Å². The number of benzene rings is 1. The van der Waals surface area contributed by atoms with Gasteiger partial charge in [-0.05, 0) is 58.3 Å². The maximum atomic E-state index is 13.8. The molecule has 1 aliphatic heterocycles. The Kier molecular flexibility index (Phi) is 4.61. The van der Waals surface area contributed by atoms with E-state index >= 15 is 0 Å². The van der Waals surface area contributed by atoms with Gasteiger partial charge in [-0.1, -0.05) is 12.2 Å². The summed E-state index contributed by atoms with van der Waals surface area (Å²) < 4.78 is 5.79. The zero-order valence-electron chi connectivity index (χ0n) is 19.1. The molecule has 1 aromatic rings. The number of rotatable bonds is 4. The molecule has 1 saturated carbocycles. The van der Waals surface area contributed by atoms with Crippen molar-refractivity contribution in [1.82, 2.24) is 5.32 Å². The SMILES string of the molecule is CC(=O)c1c(O)c(C)c(O)c2c1OC1=CC(=O)C(=C(C)NCC3CC4C=CC3C4)C(=O)C12C. The number of carbonyl (C=O) groups excluding carboxylic acids is 3. The van der Waals surface area contributed by atoms with Crippen LogP contribution in [0.2, 0.25) is 0 Å². The average molecular weight is 450 g/mol. The van der Waals surface area contributed by atoms with E-state index in [-0.39, 0.29) is 39.5 Å². The van der Waals surface area contributed by atoms with Gasteiger partial charge in [0.2, 0.25) is 0 Å². The predicted molar refractivity (Wildman–Crippen MR) is 120 cm³/mol. The van der Waals surface area contributed by atoms with Crippen LogP contribution in [0.5, 0.6) is 17.2 Å². The molecule has 2 bridgehead atoms. The summed E-state index contributed by atoms with van der Waals surface area (Å²) in [7, 11) is 0. The third-order valence-electron chi connectivity index (χ3n) is 7.81. The molecule has 0 amide bonds. The molecule has 0 radical (unpaired) electrons. The fraction of sp³-hybridized carbons (Fsp3) is 0.423. The summed E-state index contributed by atoms with van der Waals surface area (Å²) in [6, 6.07) is 0. The Morgan fingerprint density at radius 1 is 1.18 bits per heavy atom. The molecular weight excluding hydrogens is 422 g/mol. The number of ketones is 3. The van der Waals surface area contributed by atoms with Crippen LogP contribution in [0.15, 0.2) is 35.3 Å². The number of fused-ring (bicyclic) bond motifs is 5. The van der Waals surface area contributed by atoms with Gasteiger partial charge in [0.15, 0.2) is 17.3 Å². The second kappa shape index (κ2) is 7.07. The molecule has 1 fully saturated rings. The van der Waals surface area contributed by atoms with Crippen molar-refractivity contribution < 1.29 is 29.3 Å². The van der Waals surface area contributed by atoms with Crippen molar-refractivity contribution in [2.24, 2.45) is 17.8 Å². The normalized spacial score (nSPS) is 30.7. The minimum absolute atomic E-state index is 0.0194. The highest BCUT2D eigenvalue weighted by Gasteiger charge is 2.56. The van der Waals surface area contributed by atoms with E-state index in [0.717, 1.165) is 6.42 Å². The average Bonchev–Trinajstić information content (AvgIpc) is 3.44. The Morgan fingerprint density at radius 2 is 1.91 bits per heavy atom. The van der Waals surface area contributed by atoms with Crippen LogP contribution >= 0.6 is 0 Å². The summed E-state index contributed by atoms with van der Waals surface area (Å²) in [5.74, 6) is -0.564. The minimum Gasteiger partial charge on any atom is -0.507 e. The van der Waals surface area contributed by atoms with Gasteiger partial charge in [-0.15, -0.1) is 0 Å². The lowest BCUT2D eigenvalue weighted by atomic mass is 9.70. The lowest BCUT2D eigenvalue weighted by Crippen LogP contribution is -2.41. The second-order valence-corrected chi connectivity index (χ2v) is 9.81. The first-order chi connectivity index (χ1) is 15.6. The highest BCUT2D eigenvalue weighted by Crippen LogP contribution is 2.57. The predicted octanol–water partition coefficient (Wildman–Crippen LogP) is 3.37. The van der Waals surface area contributed by atoms with Gasteiger partial charge in [-0.2, -0.15) is 0 Å². The van der Waals surface area contributed by atoms with E-state index < -0.39 is 28.5 Å². The fourth-order valence-corrected chi connectivity index (χ4v) is 5.86. The van der Waals surface area contributed by atoms with E-state index in [1.807, 2.05) is 0 Å². The number of nitrogens with one attached hydrogen (secondary N) is 1. The molecule has 33 heavy (non-hydrogen) atoms. The Hall–Kier alpha value is -3.35. The summed E-state index contributed by atoms with van der Waals surface area (Å²) in [6.07, 6.45) is 8.05. The van der Waals surface area contributed by atoms with Crippen LogP contribution in [0.3, 0.4) is 0 Å². The van der Waals surface area contributed by atoms with Gasteiger partial charge in [0, 0.05) is 23.9 Å². The standard InChI is InChI=1S/C26H27NO6/c1-11-22(30)20(13(3)28)24-21(23(11)31)26(4)18(33-24)9-17(29)19(25(26)32)12(2)27-10-16-8-14-5-6-15(16)7-14/h5-6,9,14-16,27,30-31H,7-8,10H2,1-4H3. The van der Waals surface area contributed by atoms with Crippen LogP contribution in [0.1, 0.15) is 55.1 Å². The van der Waals surface area contributed by atoms with Crippen LogP contribution in [-0.2, 0) is 15.0 Å². The molecule has 4 atom stereocenters. The molecule has 0 spiro atoms. The minimum atomic E-state index is -1.48. The zero-order chi connectivity index (χ0) is 23.8. The molecule has 7 heteroatoms. The molecule has 0 aromatic heterocycles. The van der Waals surface area contributed by atoms with Gasteiger partial charge in [0.25, 0.3) is 0 Å². The van der Waals surface area contributed by atoms with Gasteiger partial charge in [-0.25, -0.2) is 0 Å². The number of hydrogen-bond acceptors (Lipinski definition) is 7. The first kappa shape index (κ1) is 21.5. The van der Waals surface area contributed by atoms with E-state index in [2.05, 4.69) is 17.5 Å². The molecule has 5 rings (SSSR count). The largest absolute Gasteiger partial charge is 0.507 e. The summed E-state index contributed by atoms with van der Waals surface area (Å²) in [6.45, 7) is 6.71. The van der Waals surface area contributed by atoms with Gasteiger partial charge >= 0.3 is 0 Å². The van der Waals surface area contributed by atoms with E-state index in [4.69, 9.17) is 4.74 Å². The Labute approximate surface area is 191 Å². The Bertz CT molecular complexity index is 1240. The van der Waals surface area contributed by atoms with Gasteiger partial charge in [-0.3, -0.25) is 14.4 Å². The smallest absolute Gasteiger partial charge is 0.194 e. The van der Waals surface area contributed by atoms with Crippen LogP contribution in [0.25, 0.3) is 0 Å². The lowest BCUT2D eigenvalue weighted by Gasteiger charge is -2.29. The molecule has 0 saturated heterocycles. The van der Waals surface area contributed by atoms with Crippen molar-refractivity contribution in [3.8, 4) is 17.2 Å². The van der Waals surface area contributed by atoms with Crippen LogP contribution in [-0.4, -0.2) is 34.1 Å². The monoisotopic (exact) mass is 449 g/mol. The first-order valence-corrected chi connectivity index (χ1v) is 11.3. The maximum Gasteiger partial charge on any atom is 0.194 e. The third-order valence-corrected chi connectivity index (χ3v) is 7.81. The highest BCUT2D eigenvalue weighted by molar-refractivity contribution is 6.31. The summed E-state index contributed by atoms with van der Waals surface area (Å²) in [5.41, 5.74) is -0.894. The molecule has 1 heterocycles. The van der Waals surface area contributed by atoms with Crippen molar-refractivity contribution in [3.63, 3.8) is 0 Å². The second-order valence-electron chi connectivity index (χ2n) is 9.81. The van der Waals surface area contributed by atoms with E-state index in [1.165, 1.54) is 26.3 Å². The molecule has 4 aliphatic rings. The van der Waals surface area contributed by atoms with Crippen LogP contribution < -0.4 is 10.1 Å². The summed E-state index contributed by atoms with van der Waals surface area (Å²) >= 11 is 0. The number of phenols is 2. The van der Waals surface area contributed by atoms with E-state index in [9.17, 15) is 24.6 Å². The highest BCUT2D eigenvalue weighted by atomic mass is 16.5. The molecule has 7 nitrogen and oxygen atoms in total. The van der Waals surface area contributed by atoms with Crippen molar-refractivity contribution in [3.05, 3.63) is 51.9 Å². The molecule has 1 aromatic carbocycles. The van der Waals surface area contributed by atoms with Gasteiger partial charge in [0.1, 0.15) is 34.0 Å². The number of aromatic hydroxyl groups is 2. The number of hydrogen-bond donors (Lipinski definition) is 3. The van der Waals surface area contributed by atoms with Crippen LogP contribution in [0.4, 0.5) is 0 Å². The molecule has 172 valence electrons. The van der Waals surface area contributed by atoms with Gasteiger partial charge < -0.3 is 20.3 Å². The first-order valence-electron chi connectivity index (χ1n) is 11.3. The van der Waals surface area contributed by atoms with Crippen molar-refractivity contribution >= 4 is 17.3 Å². The quantitative estimate of drug-likeness (QED) is 0.280. The molecule has 3 N–H and O–H groups in total.